The van der Waals surface area contributed by atoms with E-state index in [4.69, 9.17) is 15.6 Å². The number of carbonyl (C=O) groups excluding carboxylic acids is 2. The van der Waals surface area contributed by atoms with Gasteiger partial charge >= 0.3 is 5.97 Å². The van der Waals surface area contributed by atoms with Crippen molar-refractivity contribution in [1.29, 1.82) is 0 Å². The predicted molar refractivity (Wildman–Crippen MR) is 67.0 cm³/mol. The fraction of sp³-hybridized carbons (Fsp3) is 0.250. The van der Waals surface area contributed by atoms with Crippen molar-refractivity contribution in [2.45, 2.75) is 0 Å². The number of amides is 2. The Morgan fingerprint density at radius 3 is 2.40 bits per heavy atom. The number of primary amides is 1. The van der Waals surface area contributed by atoms with Gasteiger partial charge in [0.1, 0.15) is 13.1 Å². The number of phenols is 1. The van der Waals surface area contributed by atoms with E-state index in [1.807, 2.05) is 0 Å². The second kappa shape index (κ2) is 6.98. The van der Waals surface area contributed by atoms with E-state index < -0.39 is 37.5 Å². The molecular formula is C12H14N2O6. The van der Waals surface area contributed by atoms with Crippen LogP contribution < -0.4 is 10.5 Å². The second-order valence-corrected chi connectivity index (χ2v) is 3.87. The number of phenolic OH excluding ortho intramolecular Hbond substituents is 1. The van der Waals surface area contributed by atoms with E-state index in [1.165, 1.54) is 12.1 Å². The third kappa shape index (κ3) is 4.84. The quantitative estimate of drug-likeness (QED) is 0.598. The van der Waals surface area contributed by atoms with Gasteiger partial charge in [0, 0.05) is 0 Å². The van der Waals surface area contributed by atoms with Crippen LogP contribution in [0.3, 0.4) is 0 Å². The Morgan fingerprint density at radius 1 is 1.20 bits per heavy atom. The Kier molecular flexibility index (Phi) is 5.33. The van der Waals surface area contributed by atoms with Crippen LogP contribution in [0.1, 0.15) is 0 Å². The molecule has 1 rings (SSSR count). The smallest absolute Gasteiger partial charge is 0.323 e. The Morgan fingerprint density at radius 2 is 1.85 bits per heavy atom. The lowest BCUT2D eigenvalue weighted by Gasteiger charge is -2.19. The lowest BCUT2D eigenvalue weighted by molar-refractivity contribution is -0.146. The van der Waals surface area contributed by atoms with E-state index >= 15 is 0 Å². The molecule has 0 radical (unpaired) electrons. The number of carboxylic acids is 1. The molecule has 0 aliphatic rings. The van der Waals surface area contributed by atoms with Crippen molar-refractivity contribution in [2.75, 3.05) is 19.7 Å². The first-order valence-corrected chi connectivity index (χ1v) is 5.59. The zero-order valence-corrected chi connectivity index (χ0v) is 10.5. The summed E-state index contributed by atoms with van der Waals surface area (Å²) < 4.78 is 5.06. The first kappa shape index (κ1) is 15.3. The number of hydrogen-bond acceptors (Lipinski definition) is 5. The van der Waals surface area contributed by atoms with Gasteiger partial charge in [-0.15, -0.1) is 0 Å². The van der Waals surface area contributed by atoms with Gasteiger partial charge in [0.05, 0.1) is 0 Å². The topological polar surface area (TPSA) is 130 Å². The molecule has 0 aliphatic heterocycles. The highest BCUT2D eigenvalue weighted by atomic mass is 16.5. The van der Waals surface area contributed by atoms with Gasteiger partial charge in [-0.05, 0) is 12.1 Å². The van der Waals surface area contributed by atoms with Crippen LogP contribution in [0.4, 0.5) is 0 Å². The molecule has 0 saturated heterocycles. The minimum atomic E-state index is -1.28. The number of rotatable bonds is 7. The molecule has 4 N–H and O–H groups in total. The van der Waals surface area contributed by atoms with Crippen LogP contribution in [0.2, 0.25) is 0 Å². The van der Waals surface area contributed by atoms with Gasteiger partial charge in [-0.2, -0.15) is 0 Å². The summed E-state index contributed by atoms with van der Waals surface area (Å²) in [5, 5.41) is 18.1. The minimum Gasteiger partial charge on any atom is -0.504 e. The molecule has 0 aromatic heterocycles. The minimum absolute atomic E-state index is 0.0789. The molecule has 0 atom stereocenters. The highest BCUT2D eigenvalue weighted by Gasteiger charge is 2.19. The molecule has 1 aromatic rings. The molecular weight excluding hydrogens is 268 g/mol. The van der Waals surface area contributed by atoms with Crippen molar-refractivity contribution < 1.29 is 29.3 Å². The fourth-order valence-corrected chi connectivity index (χ4v) is 1.39. The van der Waals surface area contributed by atoms with Gasteiger partial charge in [0.15, 0.2) is 18.1 Å². The SMILES string of the molecule is NC(=O)CN(CC(=O)O)C(=O)COc1ccccc1O. The van der Waals surface area contributed by atoms with Crippen molar-refractivity contribution >= 4 is 17.8 Å². The van der Waals surface area contributed by atoms with Gasteiger partial charge in [0.25, 0.3) is 5.91 Å². The first-order valence-electron chi connectivity index (χ1n) is 5.59. The predicted octanol–water partition coefficient (Wildman–Crippen LogP) is -0.830. The zero-order chi connectivity index (χ0) is 15.1. The molecule has 0 fully saturated rings. The summed E-state index contributed by atoms with van der Waals surface area (Å²) in [6, 6.07) is 5.99. The van der Waals surface area contributed by atoms with E-state index in [2.05, 4.69) is 0 Å². The Labute approximate surface area is 114 Å². The van der Waals surface area contributed by atoms with Gasteiger partial charge in [-0.25, -0.2) is 0 Å². The van der Waals surface area contributed by atoms with Gasteiger partial charge in [0.2, 0.25) is 5.91 Å². The Hall–Kier alpha value is -2.77. The number of carboxylic acid groups (broad SMARTS) is 1. The van der Waals surface area contributed by atoms with Gasteiger partial charge in [-0.3, -0.25) is 14.4 Å². The van der Waals surface area contributed by atoms with Crippen molar-refractivity contribution in [1.82, 2.24) is 4.90 Å². The van der Waals surface area contributed by atoms with Crippen LogP contribution in [-0.2, 0) is 14.4 Å². The Balaban J connectivity index is 2.64. The number of aliphatic carboxylic acids is 1. The van der Waals surface area contributed by atoms with Crippen LogP contribution in [-0.4, -0.2) is 52.6 Å². The maximum atomic E-state index is 11.7. The van der Waals surface area contributed by atoms with E-state index in [0.29, 0.717) is 0 Å². The highest BCUT2D eigenvalue weighted by molar-refractivity contribution is 5.87. The number of nitrogens with two attached hydrogens (primary N) is 1. The zero-order valence-electron chi connectivity index (χ0n) is 10.5. The normalized spacial score (nSPS) is 9.80. The molecule has 0 heterocycles. The molecule has 0 aliphatic carbocycles. The van der Waals surface area contributed by atoms with E-state index in [0.717, 1.165) is 4.90 Å². The van der Waals surface area contributed by atoms with Gasteiger partial charge < -0.3 is 25.6 Å². The number of para-hydroxylation sites is 2. The largest absolute Gasteiger partial charge is 0.504 e. The van der Waals surface area contributed by atoms with E-state index in [1.54, 1.807) is 12.1 Å². The summed E-state index contributed by atoms with van der Waals surface area (Å²) in [4.78, 5) is 33.9. The first-order chi connectivity index (χ1) is 9.40. The number of benzene rings is 1. The lowest BCUT2D eigenvalue weighted by Crippen LogP contribution is -2.43. The summed E-state index contributed by atoms with van der Waals surface area (Å²) in [6.45, 7) is -1.70. The monoisotopic (exact) mass is 282 g/mol. The van der Waals surface area contributed by atoms with Crippen molar-refractivity contribution in [3.05, 3.63) is 24.3 Å². The van der Waals surface area contributed by atoms with Crippen LogP contribution in [0.15, 0.2) is 24.3 Å². The summed E-state index contributed by atoms with van der Waals surface area (Å²) in [5.41, 5.74) is 4.93. The van der Waals surface area contributed by atoms with E-state index in [9.17, 15) is 19.5 Å². The fourth-order valence-electron chi connectivity index (χ4n) is 1.39. The average molecular weight is 282 g/mol. The van der Waals surface area contributed by atoms with Crippen LogP contribution >= 0.6 is 0 Å². The van der Waals surface area contributed by atoms with E-state index in [-0.39, 0.29) is 11.5 Å². The maximum Gasteiger partial charge on any atom is 0.323 e. The van der Waals surface area contributed by atoms with Crippen LogP contribution in [0.25, 0.3) is 0 Å². The number of aromatic hydroxyl groups is 1. The van der Waals surface area contributed by atoms with Crippen LogP contribution in [0.5, 0.6) is 11.5 Å². The molecule has 0 spiro atoms. The third-order valence-corrected chi connectivity index (χ3v) is 2.24. The average Bonchev–Trinajstić information content (AvgIpc) is 2.35. The summed E-state index contributed by atoms with van der Waals surface area (Å²) in [5.74, 6) is -2.91. The van der Waals surface area contributed by atoms with Gasteiger partial charge in [-0.1, -0.05) is 12.1 Å². The number of nitrogens with zero attached hydrogens (tertiary/aromatic N) is 1. The van der Waals surface area contributed by atoms with Crippen LogP contribution in [0, 0.1) is 0 Å². The molecule has 0 bridgehead atoms. The second-order valence-electron chi connectivity index (χ2n) is 3.87. The van der Waals surface area contributed by atoms with Crippen molar-refractivity contribution in [2.24, 2.45) is 5.73 Å². The highest BCUT2D eigenvalue weighted by Crippen LogP contribution is 2.24. The standard InChI is InChI=1S/C12H14N2O6/c13-10(16)5-14(6-12(18)19)11(17)7-20-9-4-2-1-3-8(9)15/h1-4,15H,5-7H2,(H2,13,16)(H,18,19). The number of hydrogen-bond donors (Lipinski definition) is 3. The molecule has 8 heteroatoms. The Bertz CT molecular complexity index is 500. The summed E-state index contributed by atoms with van der Waals surface area (Å²) in [7, 11) is 0. The number of ether oxygens (including phenoxy) is 1. The maximum absolute atomic E-state index is 11.7. The lowest BCUT2D eigenvalue weighted by atomic mass is 10.3. The molecule has 1 aromatic carbocycles. The third-order valence-electron chi connectivity index (χ3n) is 2.24. The van der Waals surface area contributed by atoms with Crippen molar-refractivity contribution in [3.8, 4) is 11.5 Å². The van der Waals surface area contributed by atoms with Crippen molar-refractivity contribution in [3.63, 3.8) is 0 Å². The summed E-state index contributed by atoms with van der Waals surface area (Å²) in [6.07, 6.45) is 0. The summed E-state index contributed by atoms with van der Waals surface area (Å²) >= 11 is 0. The molecule has 0 saturated carbocycles. The molecule has 2 amide bonds. The molecule has 20 heavy (non-hydrogen) atoms. The molecule has 8 nitrogen and oxygen atoms in total. The molecule has 108 valence electrons. The molecule has 0 unspecified atom stereocenters. The number of carbonyl (C=O) groups is 3.